The number of benzene rings is 1. The molecule has 2 aliphatic rings. The van der Waals surface area contributed by atoms with Gasteiger partial charge in [-0.1, -0.05) is 51.1 Å². The van der Waals surface area contributed by atoms with Crippen molar-refractivity contribution >= 4 is 31.8 Å². The molecule has 1 aliphatic carbocycles. The van der Waals surface area contributed by atoms with E-state index >= 15 is 0 Å². The predicted octanol–water partition coefficient (Wildman–Crippen LogP) is 5.54. The van der Waals surface area contributed by atoms with Crippen LogP contribution in [0.4, 0.5) is 0 Å². The lowest BCUT2D eigenvalue weighted by molar-refractivity contribution is -0.0532. The van der Waals surface area contributed by atoms with Gasteiger partial charge < -0.3 is 14.3 Å². The highest BCUT2D eigenvalue weighted by Gasteiger charge is 2.57. The average molecular weight is 441 g/mol. The highest BCUT2D eigenvalue weighted by molar-refractivity contribution is 8.18. The Morgan fingerprint density at radius 3 is 2.36 bits per heavy atom. The molecule has 0 aromatic heterocycles. The van der Waals surface area contributed by atoms with E-state index in [-0.39, 0.29) is 33.9 Å². The monoisotopic (exact) mass is 440 g/mol. The van der Waals surface area contributed by atoms with Gasteiger partial charge >= 0.3 is 0 Å². The first-order valence-electron chi connectivity index (χ1n) is 10.4. The lowest BCUT2D eigenvalue weighted by Crippen LogP contribution is -2.47. The van der Waals surface area contributed by atoms with Gasteiger partial charge in [-0.25, -0.2) is 0 Å². The Morgan fingerprint density at radius 2 is 1.79 bits per heavy atom. The summed E-state index contributed by atoms with van der Waals surface area (Å²) in [5.74, 6) is 2.45. The minimum absolute atomic E-state index is 0.0292. The third-order valence-corrected chi connectivity index (χ3v) is 14.6. The molecule has 0 bridgehead atoms. The van der Waals surface area contributed by atoms with Gasteiger partial charge in [0.05, 0.1) is 29.5 Å². The highest BCUT2D eigenvalue weighted by atomic mass is 32.2. The summed E-state index contributed by atoms with van der Waals surface area (Å²) in [5, 5.41) is 10.5. The summed E-state index contributed by atoms with van der Waals surface area (Å²) in [4.78, 5) is 0. The van der Waals surface area contributed by atoms with Crippen molar-refractivity contribution in [2.24, 2.45) is 5.92 Å². The molecule has 1 aromatic rings. The zero-order chi connectivity index (χ0) is 20.4. The van der Waals surface area contributed by atoms with Crippen LogP contribution < -0.4 is 0 Å². The van der Waals surface area contributed by atoms with Crippen LogP contribution in [0.3, 0.4) is 0 Å². The van der Waals surface area contributed by atoms with Crippen LogP contribution in [-0.4, -0.2) is 47.8 Å². The zero-order valence-electron chi connectivity index (χ0n) is 17.9. The second-order valence-corrected chi connectivity index (χ2v) is 17.4. The van der Waals surface area contributed by atoms with Crippen LogP contribution in [0.1, 0.15) is 39.2 Å². The first kappa shape index (κ1) is 22.7. The fourth-order valence-corrected chi connectivity index (χ4v) is 8.90. The van der Waals surface area contributed by atoms with Crippen molar-refractivity contribution in [3.8, 4) is 0 Å². The van der Waals surface area contributed by atoms with E-state index in [0.717, 1.165) is 6.42 Å². The van der Waals surface area contributed by atoms with Gasteiger partial charge in [-0.2, -0.15) is 0 Å². The van der Waals surface area contributed by atoms with Crippen LogP contribution in [0.15, 0.2) is 30.3 Å². The number of hydrogen-bond donors (Lipinski definition) is 1. The van der Waals surface area contributed by atoms with E-state index in [2.05, 4.69) is 58.1 Å². The Morgan fingerprint density at radius 1 is 1.14 bits per heavy atom. The summed E-state index contributed by atoms with van der Waals surface area (Å²) in [6, 6.07) is 10.3. The molecule has 6 heteroatoms. The van der Waals surface area contributed by atoms with Crippen LogP contribution in [-0.2, 0) is 15.8 Å². The van der Waals surface area contributed by atoms with E-state index in [9.17, 15) is 5.11 Å². The van der Waals surface area contributed by atoms with Crippen molar-refractivity contribution in [2.75, 3.05) is 18.1 Å². The van der Waals surface area contributed by atoms with Crippen molar-refractivity contribution in [3.63, 3.8) is 0 Å². The lowest BCUT2D eigenvalue weighted by atomic mass is 10.1. The van der Waals surface area contributed by atoms with E-state index in [0.29, 0.717) is 6.61 Å². The second kappa shape index (κ2) is 9.02. The number of hydrogen-bond acceptors (Lipinski definition) is 5. The summed E-state index contributed by atoms with van der Waals surface area (Å²) in [7, 11) is -1.92. The van der Waals surface area contributed by atoms with E-state index in [1.165, 1.54) is 23.5 Å². The standard InChI is InChI=1S/C22H36O3S2Si/c1-21(2,3)28(4,5)25-19-14-22(26-12-9-13-27-22)18(15-23)20(19)24-16-17-10-7-6-8-11-17/h6-8,10-11,18-20,23H,9,12-16H2,1-5H3/t18-,19+,20-/m1/s1. The number of thioether (sulfide) groups is 2. The van der Waals surface area contributed by atoms with Crippen molar-refractivity contribution < 1.29 is 14.3 Å². The molecule has 1 spiro atoms. The van der Waals surface area contributed by atoms with Gasteiger partial charge in [0, 0.05) is 5.92 Å². The minimum Gasteiger partial charge on any atom is -0.411 e. The van der Waals surface area contributed by atoms with Crippen LogP contribution in [0.25, 0.3) is 0 Å². The van der Waals surface area contributed by atoms with Crippen LogP contribution in [0.2, 0.25) is 18.1 Å². The third kappa shape index (κ3) is 4.84. The normalized spacial score (nSPS) is 28.0. The van der Waals surface area contributed by atoms with Gasteiger partial charge in [0.1, 0.15) is 0 Å². The highest BCUT2D eigenvalue weighted by Crippen LogP contribution is 2.58. The molecule has 3 nitrogen and oxygen atoms in total. The molecule has 1 aliphatic heterocycles. The number of aliphatic hydroxyl groups excluding tert-OH is 1. The fraction of sp³-hybridized carbons (Fsp3) is 0.727. The molecule has 1 N–H and O–H groups in total. The Bertz CT molecular complexity index is 626. The molecule has 0 unspecified atom stereocenters. The predicted molar refractivity (Wildman–Crippen MR) is 125 cm³/mol. The van der Waals surface area contributed by atoms with Crippen LogP contribution in [0.5, 0.6) is 0 Å². The lowest BCUT2D eigenvalue weighted by Gasteiger charge is -2.40. The quantitative estimate of drug-likeness (QED) is 0.588. The van der Waals surface area contributed by atoms with E-state index in [4.69, 9.17) is 9.16 Å². The summed E-state index contributed by atoms with van der Waals surface area (Å²) < 4.78 is 13.4. The first-order chi connectivity index (χ1) is 13.2. The largest absolute Gasteiger partial charge is 0.411 e. The molecule has 158 valence electrons. The number of aliphatic hydroxyl groups is 1. The van der Waals surface area contributed by atoms with Crippen molar-refractivity contribution in [1.29, 1.82) is 0 Å². The Labute approximate surface area is 180 Å². The fourth-order valence-electron chi connectivity index (χ4n) is 3.88. The molecular weight excluding hydrogens is 404 g/mol. The van der Waals surface area contributed by atoms with Gasteiger partial charge in [-0.15, -0.1) is 23.5 Å². The molecular formula is C22H36O3S2Si. The summed E-state index contributed by atoms with van der Waals surface area (Å²) >= 11 is 4.05. The SMILES string of the molecule is CC(C)(C)[Si](C)(C)O[C@H]1CC2(SCCCS2)[C@H](CO)[C@H]1OCc1ccccc1. The molecule has 1 aromatic carbocycles. The topological polar surface area (TPSA) is 38.7 Å². The average Bonchev–Trinajstić information content (AvgIpc) is 2.91. The first-order valence-corrected chi connectivity index (χ1v) is 15.3. The van der Waals surface area contributed by atoms with E-state index in [1.54, 1.807) is 0 Å². The smallest absolute Gasteiger partial charge is 0.192 e. The zero-order valence-corrected chi connectivity index (χ0v) is 20.6. The van der Waals surface area contributed by atoms with Crippen LogP contribution >= 0.6 is 23.5 Å². The second-order valence-electron chi connectivity index (χ2n) is 9.53. The van der Waals surface area contributed by atoms with Gasteiger partial charge in [0.25, 0.3) is 0 Å². The van der Waals surface area contributed by atoms with Crippen molar-refractivity contribution in [1.82, 2.24) is 0 Å². The maximum Gasteiger partial charge on any atom is 0.192 e. The maximum absolute atomic E-state index is 10.4. The van der Waals surface area contributed by atoms with Crippen molar-refractivity contribution in [3.05, 3.63) is 35.9 Å². The summed E-state index contributed by atoms with van der Waals surface area (Å²) in [6.45, 7) is 12.2. The molecule has 28 heavy (non-hydrogen) atoms. The van der Waals surface area contributed by atoms with Crippen molar-refractivity contribution in [2.45, 2.75) is 74.6 Å². The van der Waals surface area contributed by atoms with Gasteiger partial charge in [-0.3, -0.25) is 0 Å². The molecule has 3 atom stereocenters. The molecule has 2 fully saturated rings. The third-order valence-electron chi connectivity index (χ3n) is 6.53. The molecule has 3 rings (SSSR count). The van der Waals surface area contributed by atoms with Gasteiger partial charge in [-0.05, 0) is 48.0 Å². The maximum atomic E-state index is 10.4. The van der Waals surface area contributed by atoms with Gasteiger partial charge in [0.2, 0.25) is 0 Å². The van der Waals surface area contributed by atoms with E-state index in [1.807, 2.05) is 29.6 Å². The Kier molecular flexibility index (Phi) is 7.31. The molecule has 0 amide bonds. The molecule has 0 radical (unpaired) electrons. The Balaban J connectivity index is 1.83. The summed E-state index contributed by atoms with van der Waals surface area (Å²) in [6.07, 6.45) is 2.22. The van der Waals surface area contributed by atoms with Crippen LogP contribution in [0, 0.1) is 5.92 Å². The molecule has 1 saturated heterocycles. The molecule has 1 heterocycles. The van der Waals surface area contributed by atoms with Gasteiger partial charge in [0.15, 0.2) is 8.32 Å². The Hall–Kier alpha value is 0.0169. The van der Waals surface area contributed by atoms with E-state index < -0.39 is 8.32 Å². The minimum atomic E-state index is -1.92. The molecule has 1 saturated carbocycles. The number of rotatable bonds is 6. The summed E-state index contributed by atoms with van der Waals surface area (Å²) in [5.41, 5.74) is 1.18. The number of ether oxygens (including phenoxy) is 1.